The minimum atomic E-state index is -5.03. The van der Waals surface area contributed by atoms with Crippen molar-refractivity contribution in [1.82, 2.24) is 14.8 Å². The van der Waals surface area contributed by atoms with Gasteiger partial charge in [-0.2, -0.15) is 5.10 Å². The van der Waals surface area contributed by atoms with Crippen molar-refractivity contribution >= 4 is 29.0 Å². The van der Waals surface area contributed by atoms with E-state index in [0.717, 1.165) is 25.5 Å². The lowest BCUT2D eigenvalue weighted by molar-refractivity contribution is -0.274. The Morgan fingerprint density at radius 1 is 1.12 bits per heavy atom. The Bertz CT molecular complexity index is 1470. The molecule has 2 saturated carbocycles. The predicted octanol–water partition coefficient (Wildman–Crippen LogP) is 4.11. The van der Waals surface area contributed by atoms with E-state index >= 15 is 0 Å². The molecule has 3 aliphatic rings. The van der Waals surface area contributed by atoms with Gasteiger partial charge in [0.2, 0.25) is 5.91 Å². The number of ether oxygens (including phenoxy) is 3. The number of nitrogens with one attached hydrogen (secondary N) is 2. The zero-order valence-corrected chi connectivity index (χ0v) is 21.0. The third-order valence-electron chi connectivity index (χ3n) is 7.15. The number of carbonyl (C=O) groups is 2. The number of primary amides is 1. The topological polar surface area (TPSA) is 143 Å². The van der Waals surface area contributed by atoms with Crippen LogP contribution in [0, 0.1) is 5.92 Å². The van der Waals surface area contributed by atoms with Crippen molar-refractivity contribution in [3.8, 4) is 16.9 Å². The van der Waals surface area contributed by atoms with Gasteiger partial charge in [-0.3, -0.25) is 14.3 Å². The molecule has 6 rings (SSSR count). The molecule has 14 heteroatoms. The van der Waals surface area contributed by atoms with Crippen LogP contribution in [0.25, 0.3) is 11.1 Å². The van der Waals surface area contributed by atoms with Crippen LogP contribution in [0.4, 0.5) is 30.4 Å². The molecular weight excluding hydrogens is 533 g/mol. The number of hydrogen-bond acceptors (Lipinski definition) is 8. The molecule has 1 atom stereocenters. The van der Waals surface area contributed by atoms with Gasteiger partial charge >= 0.3 is 6.36 Å². The quantitative estimate of drug-likeness (QED) is 0.375. The molecule has 0 unspecified atom stereocenters. The fourth-order valence-corrected chi connectivity index (χ4v) is 4.93. The molecular formula is C26H25F3N6O5. The molecule has 1 aliphatic heterocycles. The van der Waals surface area contributed by atoms with E-state index in [1.54, 1.807) is 10.9 Å². The number of anilines is 3. The highest BCUT2D eigenvalue weighted by molar-refractivity contribution is 6.01. The number of benzene rings is 1. The van der Waals surface area contributed by atoms with Gasteiger partial charge in [-0.05, 0) is 25.3 Å². The second-order valence-corrected chi connectivity index (χ2v) is 9.87. The number of pyridine rings is 1. The van der Waals surface area contributed by atoms with Crippen LogP contribution in [0.15, 0.2) is 42.9 Å². The van der Waals surface area contributed by atoms with Gasteiger partial charge in [0.1, 0.15) is 11.9 Å². The fourth-order valence-electron chi connectivity index (χ4n) is 4.93. The number of amides is 2. The highest BCUT2D eigenvalue weighted by Gasteiger charge is 2.53. The van der Waals surface area contributed by atoms with E-state index in [9.17, 15) is 22.8 Å². The number of hydrogen-bond donors (Lipinski definition) is 3. The monoisotopic (exact) mass is 558 g/mol. The van der Waals surface area contributed by atoms with Gasteiger partial charge in [-0.25, -0.2) is 4.98 Å². The number of alkyl halides is 3. The minimum absolute atomic E-state index is 0.0420. The maximum Gasteiger partial charge on any atom is 0.573 e. The molecule has 2 aliphatic carbocycles. The summed E-state index contributed by atoms with van der Waals surface area (Å²) in [6, 6.07) is 5.49. The molecule has 1 saturated heterocycles. The molecule has 3 heterocycles. The van der Waals surface area contributed by atoms with E-state index in [1.807, 2.05) is 0 Å². The molecule has 3 fully saturated rings. The summed E-state index contributed by atoms with van der Waals surface area (Å²) < 4.78 is 58.5. The molecule has 2 amide bonds. The molecule has 1 aromatic carbocycles. The minimum Gasteiger partial charge on any atom is -0.403 e. The average molecular weight is 559 g/mol. The molecule has 2 aromatic heterocycles. The van der Waals surface area contributed by atoms with Crippen molar-refractivity contribution in [2.24, 2.45) is 11.7 Å². The molecule has 0 bridgehead atoms. The predicted molar refractivity (Wildman–Crippen MR) is 135 cm³/mol. The Labute approximate surface area is 225 Å². The number of carbonyl (C=O) groups excluding carboxylic acids is 2. The van der Waals surface area contributed by atoms with Gasteiger partial charge in [0.25, 0.3) is 5.91 Å². The largest absolute Gasteiger partial charge is 0.573 e. The summed E-state index contributed by atoms with van der Waals surface area (Å²) in [6.45, 7) is 0.937. The first-order valence-electron chi connectivity index (χ1n) is 12.7. The number of nitrogens with two attached hydrogens (primary N) is 1. The summed E-state index contributed by atoms with van der Waals surface area (Å²) in [6.07, 6.45) is 2.15. The molecule has 3 aromatic rings. The number of para-hydroxylation sites is 1. The number of nitrogens with zero attached hydrogens (tertiary/aromatic N) is 3. The van der Waals surface area contributed by atoms with Crippen molar-refractivity contribution in [3.63, 3.8) is 0 Å². The molecule has 4 N–H and O–H groups in total. The van der Waals surface area contributed by atoms with E-state index in [0.29, 0.717) is 25.2 Å². The van der Waals surface area contributed by atoms with Crippen LogP contribution in [0.3, 0.4) is 0 Å². The van der Waals surface area contributed by atoms with Crippen molar-refractivity contribution in [3.05, 3.63) is 48.4 Å². The van der Waals surface area contributed by atoms with Gasteiger partial charge in [-0.15, -0.1) is 13.2 Å². The van der Waals surface area contributed by atoms with Crippen LogP contribution in [-0.4, -0.2) is 51.9 Å². The Balaban J connectivity index is 1.35. The maximum atomic E-state index is 13.6. The highest BCUT2D eigenvalue weighted by Crippen LogP contribution is 2.49. The smallest absolute Gasteiger partial charge is 0.403 e. The lowest BCUT2D eigenvalue weighted by Gasteiger charge is -2.44. The summed E-state index contributed by atoms with van der Waals surface area (Å²) in [4.78, 5) is 28.3. The van der Waals surface area contributed by atoms with E-state index in [-0.39, 0.29) is 46.2 Å². The second kappa shape index (κ2) is 9.78. The van der Waals surface area contributed by atoms with Crippen molar-refractivity contribution in [2.45, 2.75) is 43.9 Å². The van der Waals surface area contributed by atoms with E-state index in [4.69, 9.17) is 15.2 Å². The molecule has 210 valence electrons. The number of rotatable bonds is 8. The fraction of sp³-hybridized carbons (Fsp3) is 0.385. The lowest BCUT2D eigenvalue weighted by Crippen LogP contribution is -2.49. The van der Waals surface area contributed by atoms with Crippen LogP contribution in [0.1, 0.15) is 42.1 Å². The SMILES string of the molecule is NC(=O)c1cnc(NC(=O)C2CC2)cc1Nc1cccc(-c2cnn([C@@H]3CCC34OCCO4)c2)c1OC(F)(F)F. The van der Waals surface area contributed by atoms with Gasteiger partial charge in [-0.1, -0.05) is 12.1 Å². The Morgan fingerprint density at radius 2 is 1.90 bits per heavy atom. The maximum absolute atomic E-state index is 13.6. The second-order valence-electron chi connectivity index (χ2n) is 9.87. The van der Waals surface area contributed by atoms with Crippen LogP contribution >= 0.6 is 0 Å². The van der Waals surface area contributed by atoms with Crippen LogP contribution in [-0.2, 0) is 14.3 Å². The zero-order chi connectivity index (χ0) is 28.1. The van der Waals surface area contributed by atoms with Gasteiger partial charge in [0.15, 0.2) is 11.5 Å². The first kappa shape index (κ1) is 26.1. The Hall–Kier alpha value is -4.17. The third-order valence-corrected chi connectivity index (χ3v) is 7.15. The van der Waals surface area contributed by atoms with Crippen molar-refractivity contribution < 1.29 is 37.0 Å². The van der Waals surface area contributed by atoms with E-state index in [1.165, 1.54) is 30.5 Å². The lowest BCUT2D eigenvalue weighted by atomic mass is 9.85. The van der Waals surface area contributed by atoms with Gasteiger partial charge in [0, 0.05) is 41.9 Å². The molecule has 40 heavy (non-hydrogen) atoms. The third kappa shape index (κ3) is 5.07. The van der Waals surface area contributed by atoms with Crippen LogP contribution in [0.5, 0.6) is 5.75 Å². The van der Waals surface area contributed by atoms with Gasteiger partial charge in [0.05, 0.1) is 36.3 Å². The summed E-state index contributed by atoms with van der Waals surface area (Å²) in [7, 11) is 0. The summed E-state index contributed by atoms with van der Waals surface area (Å²) in [5.74, 6) is -2.39. The first-order valence-corrected chi connectivity index (χ1v) is 12.7. The zero-order valence-electron chi connectivity index (χ0n) is 21.0. The highest BCUT2D eigenvalue weighted by atomic mass is 19.4. The Kier molecular flexibility index (Phi) is 6.38. The Morgan fingerprint density at radius 3 is 2.55 bits per heavy atom. The summed E-state index contributed by atoms with van der Waals surface area (Å²) in [5.41, 5.74) is 5.81. The summed E-state index contributed by atoms with van der Waals surface area (Å²) >= 11 is 0. The van der Waals surface area contributed by atoms with Crippen molar-refractivity contribution in [1.29, 1.82) is 0 Å². The molecule has 1 spiro atoms. The molecule has 11 nitrogen and oxygen atoms in total. The van der Waals surface area contributed by atoms with Crippen LogP contribution < -0.4 is 21.1 Å². The van der Waals surface area contributed by atoms with Crippen molar-refractivity contribution in [2.75, 3.05) is 23.8 Å². The van der Waals surface area contributed by atoms with E-state index in [2.05, 4.69) is 25.5 Å². The number of halogens is 3. The number of aromatic nitrogens is 3. The van der Waals surface area contributed by atoms with E-state index < -0.39 is 23.8 Å². The standard InChI is InChI=1S/C26H25F3N6O5/c27-26(28,29)40-22-16(15-11-32-35(13-15)20-6-7-25(20)38-8-9-39-25)2-1-3-18(22)33-19-10-21(31-12-17(19)23(30)36)34-24(37)14-4-5-14/h1-3,10-14,20H,4-9H2,(H2,30,36)(H2,31,33,34,37)/t20-/m1/s1. The summed E-state index contributed by atoms with van der Waals surface area (Å²) in [5, 5.41) is 9.84. The first-order chi connectivity index (χ1) is 19.1. The van der Waals surface area contributed by atoms with Gasteiger partial charge < -0.3 is 30.6 Å². The average Bonchev–Trinajstić information content (AvgIpc) is 3.41. The molecule has 0 radical (unpaired) electrons. The normalized spacial score (nSPS) is 19.7. The van der Waals surface area contributed by atoms with Crippen LogP contribution in [0.2, 0.25) is 0 Å².